The molecule has 0 aromatic heterocycles. The molecule has 1 atom stereocenters. The molecule has 8 heteroatoms. The van der Waals surface area contributed by atoms with Gasteiger partial charge in [0.1, 0.15) is 25.1 Å². The van der Waals surface area contributed by atoms with E-state index in [4.69, 9.17) is 14.2 Å². The van der Waals surface area contributed by atoms with Crippen LogP contribution in [0.1, 0.15) is 5.56 Å². The Balaban J connectivity index is 0.00000320. The average molecular weight is 526 g/mol. The zero-order valence-corrected chi connectivity index (χ0v) is 20.1. The van der Waals surface area contributed by atoms with Crippen LogP contribution in [-0.2, 0) is 6.54 Å². The number of fused-ring (bicyclic) bond motifs is 1. The van der Waals surface area contributed by atoms with Crippen LogP contribution in [-0.4, -0.2) is 64.4 Å². The normalized spacial score (nSPS) is 15.3. The summed E-state index contributed by atoms with van der Waals surface area (Å²) in [6, 6.07) is 15.8. The van der Waals surface area contributed by atoms with Gasteiger partial charge in [0.15, 0.2) is 17.5 Å². The number of para-hydroxylation sites is 3. The van der Waals surface area contributed by atoms with Gasteiger partial charge in [0.25, 0.3) is 0 Å². The van der Waals surface area contributed by atoms with E-state index in [0.717, 1.165) is 29.4 Å². The summed E-state index contributed by atoms with van der Waals surface area (Å²) in [7, 11) is 5.82. The predicted molar refractivity (Wildman–Crippen MR) is 130 cm³/mol. The van der Waals surface area contributed by atoms with Gasteiger partial charge in [0.2, 0.25) is 0 Å². The van der Waals surface area contributed by atoms with Crippen molar-refractivity contribution in [1.82, 2.24) is 15.5 Å². The molecule has 0 saturated carbocycles. The van der Waals surface area contributed by atoms with Crippen molar-refractivity contribution < 1.29 is 14.2 Å². The molecule has 0 fully saturated rings. The van der Waals surface area contributed by atoms with Gasteiger partial charge in [-0.1, -0.05) is 30.3 Å². The van der Waals surface area contributed by atoms with Gasteiger partial charge in [-0.15, -0.1) is 24.0 Å². The Morgan fingerprint density at radius 2 is 1.83 bits per heavy atom. The maximum atomic E-state index is 5.98. The summed E-state index contributed by atoms with van der Waals surface area (Å²) in [5.41, 5.74) is 1.08. The topological polar surface area (TPSA) is 67.4 Å². The number of aliphatic imine (C=N–C) groups is 1. The molecule has 1 aliphatic heterocycles. The average Bonchev–Trinajstić information content (AvgIpc) is 2.74. The van der Waals surface area contributed by atoms with E-state index in [-0.39, 0.29) is 30.1 Å². The van der Waals surface area contributed by atoms with Crippen LogP contribution in [0, 0.1) is 0 Å². The molecule has 164 valence electrons. The van der Waals surface area contributed by atoms with Gasteiger partial charge < -0.3 is 29.7 Å². The second kappa shape index (κ2) is 12.5. The third-order valence-electron chi connectivity index (χ3n) is 4.50. The van der Waals surface area contributed by atoms with E-state index in [0.29, 0.717) is 32.3 Å². The van der Waals surface area contributed by atoms with E-state index >= 15 is 0 Å². The molecular weight excluding hydrogens is 495 g/mol. The van der Waals surface area contributed by atoms with Gasteiger partial charge in [-0.3, -0.25) is 4.99 Å². The first kappa shape index (κ1) is 24.1. The smallest absolute Gasteiger partial charge is 0.191 e. The summed E-state index contributed by atoms with van der Waals surface area (Å²) in [6.07, 6.45) is -0.0786. The van der Waals surface area contributed by atoms with Crippen LogP contribution < -0.4 is 24.8 Å². The van der Waals surface area contributed by atoms with E-state index in [1.54, 1.807) is 7.05 Å². The molecule has 2 aromatic carbocycles. The Morgan fingerprint density at radius 3 is 2.60 bits per heavy atom. The van der Waals surface area contributed by atoms with Gasteiger partial charge in [-0.2, -0.15) is 0 Å². The summed E-state index contributed by atoms with van der Waals surface area (Å²) in [4.78, 5) is 6.40. The van der Waals surface area contributed by atoms with Crippen molar-refractivity contribution in [2.24, 2.45) is 4.99 Å². The third kappa shape index (κ3) is 7.24. The number of nitrogens with one attached hydrogen (secondary N) is 2. The molecule has 0 spiro atoms. The predicted octanol–water partition coefficient (Wildman–Crippen LogP) is 2.75. The zero-order chi connectivity index (χ0) is 20.5. The quantitative estimate of drug-likeness (QED) is 0.314. The van der Waals surface area contributed by atoms with Gasteiger partial charge in [0, 0.05) is 25.7 Å². The summed E-state index contributed by atoms with van der Waals surface area (Å²) in [5, 5.41) is 6.64. The molecule has 0 amide bonds. The van der Waals surface area contributed by atoms with Crippen molar-refractivity contribution in [3.8, 4) is 17.2 Å². The first-order valence-electron chi connectivity index (χ1n) is 9.84. The molecule has 0 aliphatic carbocycles. The number of rotatable bonds is 8. The fourth-order valence-electron chi connectivity index (χ4n) is 2.90. The van der Waals surface area contributed by atoms with Crippen LogP contribution in [0.4, 0.5) is 0 Å². The lowest BCUT2D eigenvalue weighted by Crippen LogP contribution is -2.45. The second-order valence-electron chi connectivity index (χ2n) is 7.06. The largest absolute Gasteiger partial charge is 0.492 e. The minimum Gasteiger partial charge on any atom is -0.492 e. The Bertz CT molecular complexity index is 816. The maximum absolute atomic E-state index is 5.98. The zero-order valence-electron chi connectivity index (χ0n) is 17.8. The number of guanidine groups is 1. The molecule has 7 nitrogen and oxygen atoms in total. The summed E-state index contributed by atoms with van der Waals surface area (Å²) >= 11 is 0. The monoisotopic (exact) mass is 526 g/mol. The molecular formula is C22H31IN4O3. The number of nitrogens with zero attached hydrogens (tertiary/aromatic N) is 2. The van der Waals surface area contributed by atoms with E-state index < -0.39 is 0 Å². The van der Waals surface area contributed by atoms with E-state index in [1.807, 2.05) is 56.6 Å². The highest BCUT2D eigenvalue weighted by Gasteiger charge is 2.20. The van der Waals surface area contributed by atoms with Crippen LogP contribution in [0.2, 0.25) is 0 Å². The fraction of sp³-hybridized carbons (Fsp3) is 0.409. The maximum Gasteiger partial charge on any atom is 0.191 e. The van der Waals surface area contributed by atoms with Crippen molar-refractivity contribution in [3.63, 3.8) is 0 Å². The Morgan fingerprint density at radius 1 is 1.10 bits per heavy atom. The number of benzene rings is 2. The first-order valence-corrected chi connectivity index (χ1v) is 9.84. The van der Waals surface area contributed by atoms with Crippen molar-refractivity contribution >= 4 is 29.9 Å². The number of halogens is 1. The molecule has 3 rings (SSSR count). The van der Waals surface area contributed by atoms with Gasteiger partial charge in [0.05, 0.1) is 6.54 Å². The molecule has 1 unspecified atom stereocenters. The minimum atomic E-state index is -0.0786. The van der Waals surface area contributed by atoms with Crippen LogP contribution >= 0.6 is 24.0 Å². The fourth-order valence-corrected chi connectivity index (χ4v) is 2.90. The van der Waals surface area contributed by atoms with Crippen molar-refractivity contribution in [2.45, 2.75) is 12.6 Å². The number of hydrogen-bond acceptors (Lipinski definition) is 5. The minimum absolute atomic E-state index is 0. The summed E-state index contributed by atoms with van der Waals surface area (Å²) < 4.78 is 17.7. The molecule has 1 heterocycles. The van der Waals surface area contributed by atoms with Crippen LogP contribution in [0.25, 0.3) is 0 Å². The number of ether oxygens (including phenoxy) is 3. The van der Waals surface area contributed by atoms with Crippen LogP contribution in [0.5, 0.6) is 17.2 Å². The lowest BCUT2D eigenvalue weighted by Gasteiger charge is -2.27. The second-order valence-corrected chi connectivity index (χ2v) is 7.06. The standard InChI is InChI=1S/C22H30N4O3.HI/c1-23-22(25-15-18-16-28-20-10-6-7-11-21(20)29-18)24-14-17-8-4-5-9-19(17)27-13-12-26(2)3;/h4-11,18H,12-16H2,1-3H3,(H2,23,24,25);1H. The number of hydrogen-bond donors (Lipinski definition) is 2. The van der Waals surface area contributed by atoms with E-state index in [2.05, 4.69) is 26.6 Å². The van der Waals surface area contributed by atoms with Gasteiger partial charge in [-0.25, -0.2) is 0 Å². The van der Waals surface area contributed by atoms with Crippen molar-refractivity contribution in [1.29, 1.82) is 0 Å². The molecule has 1 aliphatic rings. The molecule has 0 bridgehead atoms. The molecule has 30 heavy (non-hydrogen) atoms. The lowest BCUT2D eigenvalue weighted by molar-refractivity contribution is 0.0936. The highest BCUT2D eigenvalue weighted by molar-refractivity contribution is 14.0. The Kier molecular flexibility index (Phi) is 10.0. The summed E-state index contributed by atoms with van der Waals surface area (Å²) in [5.74, 6) is 3.16. The SMILES string of the molecule is CN=C(NCc1ccccc1OCCN(C)C)NCC1COc2ccccc2O1.I. The highest BCUT2D eigenvalue weighted by atomic mass is 127. The van der Waals surface area contributed by atoms with Crippen molar-refractivity contribution in [2.75, 3.05) is 47.4 Å². The van der Waals surface area contributed by atoms with E-state index in [9.17, 15) is 0 Å². The third-order valence-corrected chi connectivity index (χ3v) is 4.50. The lowest BCUT2D eigenvalue weighted by atomic mass is 10.2. The van der Waals surface area contributed by atoms with Crippen LogP contribution in [0.15, 0.2) is 53.5 Å². The molecule has 0 radical (unpaired) electrons. The van der Waals surface area contributed by atoms with Crippen molar-refractivity contribution in [3.05, 3.63) is 54.1 Å². The first-order chi connectivity index (χ1) is 14.2. The molecule has 2 aromatic rings. The van der Waals surface area contributed by atoms with Crippen LogP contribution in [0.3, 0.4) is 0 Å². The van der Waals surface area contributed by atoms with Gasteiger partial charge in [-0.05, 0) is 32.3 Å². The Labute approximate surface area is 195 Å². The highest BCUT2D eigenvalue weighted by Crippen LogP contribution is 2.30. The van der Waals surface area contributed by atoms with E-state index in [1.165, 1.54) is 0 Å². The number of likely N-dealkylation sites (N-methyl/N-ethyl adjacent to an activating group) is 1. The molecule has 0 saturated heterocycles. The molecule has 2 N–H and O–H groups in total. The summed E-state index contributed by atoms with van der Waals surface area (Å²) in [6.45, 7) is 3.23. The Hall–Kier alpha value is -2.20. The van der Waals surface area contributed by atoms with Gasteiger partial charge >= 0.3 is 0 Å².